The molecule has 0 heterocycles. The van der Waals surface area contributed by atoms with Gasteiger partial charge in [0, 0.05) is 12.1 Å². The Bertz CT molecular complexity index is 293. The molecule has 0 aliphatic rings. The van der Waals surface area contributed by atoms with Gasteiger partial charge in [0.15, 0.2) is 0 Å². The van der Waals surface area contributed by atoms with Crippen molar-refractivity contribution >= 4 is 0 Å². The van der Waals surface area contributed by atoms with Gasteiger partial charge in [-0.1, -0.05) is 19.1 Å². The lowest BCUT2D eigenvalue weighted by molar-refractivity contribution is 0.229. The van der Waals surface area contributed by atoms with Crippen LogP contribution in [0.25, 0.3) is 0 Å². The van der Waals surface area contributed by atoms with Crippen LogP contribution in [0.15, 0.2) is 24.3 Å². The first kappa shape index (κ1) is 13.0. The van der Waals surface area contributed by atoms with Gasteiger partial charge in [0.25, 0.3) is 0 Å². The number of phenols is 1. The van der Waals surface area contributed by atoms with E-state index in [1.54, 1.807) is 12.1 Å². The smallest absolute Gasteiger partial charge is 0.115 e. The Kier molecular flexibility index (Phi) is 5.29. The summed E-state index contributed by atoms with van der Waals surface area (Å²) >= 11 is 0. The lowest BCUT2D eigenvalue weighted by Gasteiger charge is -2.20. The Morgan fingerprint density at radius 2 is 1.88 bits per heavy atom. The zero-order valence-corrected chi connectivity index (χ0v) is 9.98. The van der Waals surface area contributed by atoms with Crippen molar-refractivity contribution in [3.05, 3.63) is 29.8 Å². The van der Waals surface area contributed by atoms with Gasteiger partial charge in [-0.05, 0) is 37.5 Å². The van der Waals surface area contributed by atoms with Crippen LogP contribution in [0.5, 0.6) is 5.75 Å². The topological polar surface area (TPSA) is 52.5 Å². The van der Waals surface area contributed by atoms with Crippen molar-refractivity contribution < 1.29 is 10.2 Å². The molecular weight excluding hydrogens is 202 g/mol. The largest absolute Gasteiger partial charge is 0.508 e. The molecule has 2 atom stereocenters. The van der Waals surface area contributed by atoms with Crippen LogP contribution in [-0.2, 0) is 6.42 Å². The average molecular weight is 223 g/mol. The highest BCUT2D eigenvalue weighted by Crippen LogP contribution is 2.11. The molecule has 1 rings (SSSR count). The number of benzene rings is 1. The van der Waals surface area contributed by atoms with Gasteiger partial charge >= 0.3 is 0 Å². The summed E-state index contributed by atoms with van der Waals surface area (Å²) < 4.78 is 0. The predicted octanol–water partition coefficient (Wildman–Crippen LogP) is 1.68. The van der Waals surface area contributed by atoms with Crippen LogP contribution in [-0.4, -0.2) is 28.9 Å². The fourth-order valence-corrected chi connectivity index (χ4v) is 1.75. The van der Waals surface area contributed by atoms with E-state index >= 15 is 0 Å². The van der Waals surface area contributed by atoms with Crippen LogP contribution < -0.4 is 5.32 Å². The molecule has 16 heavy (non-hydrogen) atoms. The molecule has 0 radical (unpaired) electrons. The Morgan fingerprint density at radius 3 is 2.38 bits per heavy atom. The summed E-state index contributed by atoms with van der Waals surface area (Å²) in [5.41, 5.74) is 1.19. The molecule has 0 saturated heterocycles. The van der Waals surface area contributed by atoms with E-state index in [0.717, 1.165) is 12.8 Å². The van der Waals surface area contributed by atoms with E-state index < -0.39 is 0 Å². The zero-order chi connectivity index (χ0) is 12.0. The van der Waals surface area contributed by atoms with Crippen LogP contribution in [0.1, 0.15) is 25.8 Å². The number of aromatic hydroxyl groups is 1. The molecule has 0 bridgehead atoms. The standard InChI is InChI=1S/C13H21NO2/c1-3-12(9-15)14-10(2)8-11-4-6-13(16)7-5-11/h4-7,10,12,14-16H,3,8-9H2,1-2H3/t10?,12-/m0/s1. The Hall–Kier alpha value is -1.06. The molecule has 0 fully saturated rings. The fraction of sp³-hybridized carbons (Fsp3) is 0.538. The molecule has 3 N–H and O–H groups in total. The minimum absolute atomic E-state index is 0.173. The molecule has 0 amide bonds. The van der Waals surface area contributed by atoms with Crippen molar-refractivity contribution in [2.45, 2.75) is 38.8 Å². The summed E-state index contributed by atoms with van der Waals surface area (Å²) in [5.74, 6) is 0.297. The second-order valence-electron chi connectivity index (χ2n) is 4.23. The van der Waals surface area contributed by atoms with E-state index in [4.69, 9.17) is 10.2 Å². The lowest BCUT2D eigenvalue weighted by Crippen LogP contribution is -2.39. The van der Waals surface area contributed by atoms with Gasteiger partial charge in [0.05, 0.1) is 6.61 Å². The summed E-state index contributed by atoms with van der Waals surface area (Å²) in [4.78, 5) is 0. The van der Waals surface area contributed by atoms with Gasteiger partial charge in [0.2, 0.25) is 0 Å². The Morgan fingerprint density at radius 1 is 1.25 bits per heavy atom. The number of aliphatic hydroxyl groups excluding tert-OH is 1. The first-order chi connectivity index (χ1) is 7.65. The third-order valence-corrected chi connectivity index (χ3v) is 2.71. The highest BCUT2D eigenvalue weighted by Gasteiger charge is 2.09. The molecule has 0 aliphatic carbocycles. The second-order valence-corrected chi connectivity index (χ2v) is 4.23. The van der Waals surface area contributed by atoms with Crippen molar-refractivity contribution in [2.24, 2.45) is 0 Å². The van der Waals surface area contributed by atoms with Crippen LogP contribution >= 0.6 is 0 Å². The number of hydrogen-bond acceptors (Lipinski definition) is 3. The third-order valence-electron chi connectivity index (χ3n) is 2.71. The molecule has 0 aromatic heterocycles. The molecular formula is C13H21NO2. The van der Waals surface area contributed by atoms with Crippen LogP contribution in [0.2, 0.25) is 0 Å². The maximum atomic E-state index is 9.16. The van der Waals surface area contributed by atoms with Crippen molar-refractivity contribution in [3.8, 4) is 5.75 Å². The van der Waals surface area contributed by atoms with Crippen molar-refractivity contribution in [2.75, 3.05) is 6.61 Å². The highest BCUT2D eigenvalue weighted by molar-refractivity contribution is 5.26. The average Bonchev–Trinajstić information content (AvgIpc) is 2.29. The number of rotatable bonds is 6. The Balaban J connectivity index is 2.44. The van der Waals surface area contributed by atoms with Gasteiger partial charge in [-0.25, -0.2) is 0 Å². The minimum atomic E-state index is 0.173. The summed E-state index contributed by atoms with van der Waals surface area (Å²) in [6.07, 6.45) is 1.83. The van der Waals surface area contributed by atoms with E-state index in [-0.39, 0.29) is 12.6 Å². The molecule has 0 spiro atoms. The molecule has 1 aromatic carbocycles. The first-order valence-corrected chi connectivity index (χ1v) is 5.80. The van der Waals surface area contributed by atoms with Gasteiger partial charge in [0.1, 0.15) is 5.75 Å². The molecule has 90 valence electrons. The molecule has 0 saturated carbocycles. The SMILES string of the molecule is CC[C@@H](CO)NC(C)Cc1ccc(O)cc1. The minimum Gasteiger partial charge on any atom is -0.508 e. The summed E-state index contributed by atoms with van der Waals surface area (Å²) in [5, 5.41) is 21.6. The van der Waals surface area contributed by atoms with Gasteiger partial charge in [-0.15, -0.1) is 0 Å². The predicted molar refractivity (Wildman–Crippen MR) is 65.6 cm³/mol. The van der Waals surface area contributed by atoms with Crippen molar-refractivity contribution in [1.82, 2.24) is 5.32 Å². The molecule has 1 aromatic rings. The fourth-order valence-electron chi connectivity index (χ4n) is 1.75. The zero-order valence-electron chi connectivity index (χ0n) is 9.98. The van der Waals surface area contributed by atoms with Crippen LogP contribution in [0.3, 0.4) is 0 Å². The molecule has 3 heteroatoms. The van der Waals surface area contributed by atoms with Crippen LogP contribution in [0.4, 0.5) is 0 Å². The van der Waals surface area contributed by atoms with Gasteiger partial charge < -0.3 is 15.5 Å². The number of hydrogen-bond donors (Lipinski definition) is 3. The Labute approximate surface area is 97.1 Å². The summed E-state index contributed by atoms with van der Waals surface area (Å²) in [6.45, 7) is 4.34. The summed E-state index contributed by atoms with van der Waals surface area (Å²) in [7, 11) is 0. The lowest BCUT2D eigenvalue weighted by atomic mass is 10.1. The third kappa shape index (κ3) is 4.21. The van der Waals surface area contributed by atoms with E-state index in [9.17, 15) is 0 Å². The molecule has 3 nitrogen and oxygen atoms in total. The van der Waals surface area contributed by atoms with E-state index in [0.29, 0.717) is 11.8 Å². The number of aliphatic hydroxyl groups is 1. The van der Waals surface area contributed by atoms with E-state index in [1.807, 2.05) is 12.1 Å². The van der Waals surface area contributed by atoms with Crippen molar-refractivity contribution in [1.29, 1.82) is 0 Å². The maximum Gasteiger partial charge on any atom is 0.115 e. The maximum absolute atomic E-state index is 9.16. The quantitative estimate of drug-likeness (QED) is 0.688. The van der Waals surface area contributed by atoms with Crippen LogP contribution in [0, 0.1) is 0 Å². The van der Waals surface area contributed by atoms with Gasteiger partial charge in [-0.3, -0.25) is 0 Å². The molecule has 1 unspecified atom stereocenters. The monoisotopic (exact) mass is 223 g/mol. The molecule has 0 aliphatic heterocycles. The first-order valence-electron chi connectivity index (χ1n) is 5.80. The second kappa shape index (κ2) is 6.51. The van der Waals surface area contributed by atoms with Crippen molar-refractivity contribution in [3.63, 3.8) is 0 Å². The normalized spacial score (nSPS) is 14.7. The summed E-state index contributed by atoms with van der Waals surface area (Å²) in [6, 6.07) is 7.74. The van der Waals surface area contributed by atoms with Gasteiger partial charge in [-0.2, -0.15) is 0 Å². The number of nitrogens with one attached hydrogen (secondary N) is 1. The number of phenolic OH excluding ortho intramolecular Hbond substituents is 1. The van der Waals surface area contributed by atoms with E-state index in [2.05, 4.69) is 19.2 Å². The van der Waals surface area contributed by atoms with E-state index in [1.165, 1.54) is 5.56 Å². The highest BCUT2D eigenvalue weighted by atomic mass is 16.3.